The average molecular weight is 146 g/mol. The Morgan fingerprint density at radius 3 is 3.09 bits per heavy atom. The molecule has 0 saturated heterocycles. The zero-order chi connectivity index (χ0) is 7.68. The highest BCUT2D eigenvalue weighted by Crippen LogP contribution is 2.25. The van der Waals surface area contributed by atoms with Gasteiger partial charge in [-0.25, -0.2) is 0 Å². The van der Waals surface area contributed by atoms with Gasteiger partial charge in [-0.1, -0.05) is 18.2 Å². The molecular formula is C10H10O. The second-order valence-electron chi connectivity index (χ2n) is 2.70. The highest BCUT2D eigenvalue weighted by Gasteiger charge is 2.05. The summed E-state index contributed by atoms with van der Waals surface area (Å²) in [6.07, 6.45) is 4.16. The van der Waals surface area contributed by atoms with Crippen LogP contribution in [0.25, 0.3) is 6.08 Å². The quantitative estimate of drug-likeness (QED) is 0.546. The lowest BCUT2D eigenvalue weighted by molar-refractivity contribution is 0.358. The fourth-order valence-electron chi connectivity index (χ4n) is 1.30. The standard InChI is InChI=1S/C10H10O/c1-8-4-2-6-10-9(8)5-3-7-11-10/h2-6H,7H2,1H3. The van der Waals surface area contributed by atoms with Gasteiger partial charge in [-0.15, -0.1) is 0 Å². The maximum atomic E-state index is 5.42. The molecule has 1 aliphatic heterocycles. The van der Waals surface area contributed by atoms with Crippen molar-refractivity contribution < 1.29 is 4.74 Å². The fourth-order valence-corrected chi connectivity index (χ4v) is 1.30. The van der Waals surface area contributed by atoms with Crippen LogP contribution in [0.1, 0.15) is 11.1 Å². The molecule has 11 heavy (non-hydrogen) atoms. The number of rotatable bonds is 0. The van der Waals surface area contributed by atoms with Gasteiger partial charge >= 0.3 is 0 Å². The molecular weight excluding hydrogens is 136 g/mol. The molecule has 2 rings (SSSR count). The summed E-state index contributed by atoms with van der Waals surface area (Å²) >= 11 is 0. The predicted octanol–water partition coefficient (Wildman–Crippen LogP) is 2.40. The summed E-state index contributed by atoms with van der Waals surface area (Å²) in [5.41, 5.74) is 2.50. The van der Waals surface area contributed by atoms with Crippen molar-refractivity contribution in [3.8, 4) is 5.75 Å². The monoisotopic (exact) mass is 146 g/mol. The molecule has 0 radical (unpaired) electrons. The number of hydrogen-bond donors (Lipinski definition) is 0. The van der Waals surface area contributed by atoms with Crippen LogP contribution >= 0.6 is 0 Å². The Hall–Kier alpha value is -1.24. The molecule has 0 bridgehead atoms. The summed E-state index contributed by atoms with van der Waals surface area (Å²) in [6, 6.07) is 6.12. The molecule has 0 N–H and O–H groups in total. The molecule has 0 saturated carbocycles. The van der Waals surface area contributed by atoms with E-state index in [-0.39, 0.29) is 0 Å². The third kappa shape index (κ3) is 1.03. The number of aryl methyl sites for hydroxylation is 1. The first-order valence-corrected chi connectivity index (χ1v) is 3.77. The summed E-state index contributed by atoms with van der Waals surface area (Å²) in [6.45, 7) is 2.80. The molecule has 1 aromatic carbocycles. The highest BCUT2D eigenvalue weighted by molar-refractivity contribution is 5.62. The Bertz CT molecular complexity index is 300. The van der Waals surface area contributed by atoms with E-state index in [0.29, 0.717) is 6.61 Å². The van der Waals surface area contributed by atoms with E-state index in [9.17, 15) is 0 Å². The van der Waals surface area contributed by atoms with E-state index in [1.54, 1.807) is 0 Å². The normalized spacial score (nSPS) is 13.9. The molecule has 1 aromatic rings. The number of fused-ring (bicyclic) bond motifs is 1. The van der Waals surface area contributed by atoms with Crippen LogP contribution in [0.15, 0.2) is 24.3 Å². The molecule has 0 fully saturated rings. The lowest BCUT2D eigenvalue weighted by atomic mass is 10.1. The number of ether oxygens (including phenoxy) is 1. The van der Waals surface area contributed by atoms with Crippen molar-refractivity contribution in [1.82, 2.24) is 0 Å². The molecule has 0 spiro atoms. The minimum atomic E-state index is 0.705. The molecule has 0 aromatic heterocycles. The topological polar surface area (TPSA) is 9.23 Å². The molecule has 0 unspecified atom stereocenters. The molecule has 1 nitrogen and oxygen atoms in total. The van der Waals surface area contributed by atoms with Gasteiger partial charge in [0.2, 0.25) is 0 Å². The zero-order valence-corrected chi connectivity index (χ0v) is 6.50. The van der Waals surface area contributed by atoms with Crippen LogP contribution in [0.4, 0.5) is 0 Å². The number of hydrogen-bond acceptors (Lipinski definition) is 1. The molecule has 0 amide bonds. The first kappa shape index (κ1) is 6.47. The Kier molecular flexibility index (Phi) is 1.42. The first-order chi connectivity index (χ1) is 5.38. The lowest BCUT2D eigenvalue weighted by Crippen LogP contribution is -2.00. The zero-order valence-electron chi connectivity index (χ0n) is 6.50. The predicted molar refractivity (Wildman–Crippen MR) is 45.7 cm³/mol. The van der Waals surface area contributed by atoms with Crippen molar-refractivity contribution in [2.45, 2.75) is 6.92 Å². The van der Waals surface area contributed by atoms with Crippen molar-refractivity contribution in [1.29, 1.82) is 0 Å². The first-order valence-electron chi connectivity index (χ1n) is 3.77. The summed E-state index contributed by atoms with van der Waals surface area (Å²) in [5, 5.41) is 0. The van der Waals surface area contributed by atoms with Gasteiger partial charge in [-0.3, -0.25) is 0 Å². The second kappa shape index (κ2) is 2.42. The Morgan fingerprint density at radius 2 is 2.27 bits per heavy atom. The van der Waals surface area contributed by atoms with Gasteiger partial charge in [-0.05, 0) is 24.6 Å². The van der Waals surface area contributed by atoms with Crippen LogP contribution in [0, 0.1) is 6.92 Å². The minimum Gasteiger partial charge on any atom is -0.489 e. The number of benzene rings is 1. The summed E-state index contributed by atoms with van der Waals surface area (Å²) in [4.78, 5) is 0. The van der Waals surface area contributed by atoms with Crippen molar-refractivity contribution >= 4 is 6.08 Å². The largest absolute Gasteiger partial charge is 0.489 e. The average Bonchev–Trinajstić information content (AvgIpc) is 2.06. The van der Waals surface area contributed by atoms with Gasteiger partial charge in [-0.2, -0.15) is 0 Å². The van der Waals surface area contributed by atoms with Crippen molar-refractivity contribution in [2.75, 3.05) is 6.61 Å². The van der Waals surface area contributed by atoms with Crippen LogP contribution < -0.4 is 4.74 Å². The minimum absolute atomic E-state index is 0.705. The van der Waals surface area contributed by atoms with Crippen LogP contribution in [0.2, 0.25) is 0 Å². The lowest BCUT2D eigenvalue weighted by Gasteiger charge is -2.13. The van der Waals surface area contributed by atoms with Gasteiger partial charge in [0.05, 0.1) is 0 Å². The Labute approximate surface area is 66.3 Å². The van der Waals surface area contributed by atoms with E-state index in [1.807, 2.05) is 18.2 Å². The maximum Gasteiger partial charge on any atom is 0.127 e. The summed E-state index contributed by atoms with van der Waals surface area (Å²) < 4.78 is 5.42. The van der Waals surface area contributed by atoms with Crippen LogP contribution in [-0.2, 0) is 0 Å². The fraction of sp³-hybridized carbons (Fsp3) is 0.200. The van der Waals surface area contributed by atoms with Crippen LogP contribution in [0.3, 0.4) is 0 Å². The molecule has 1 heterocycles. The van der Waals surface area contributed by atoms with E-state index in [4.69, 9.17) is 4.74 Å². The van der Waals surface area contributed by atoms with E-state index in [2.05, 4.69) is 19.1 Å². The van der Waals surface area contributed by atoms with Crippen molar-refractivity contribution in [2.24, 2.45) is 0 Å². The SMILES string of the molecule is Cc1cccc2c1C=CCO2. The van der Waals surface area contributed by atoms with Gasteiger partial charge in [0.1, 0.15) is 12.4 Å². The van der Waals surface area contributed by atoms with Gasteiger partial charge in [0, 0.05) is 5.56 Å². The molecule has 1 heteroatoms. The van der Waals surface area contributed by atoms with Crippen LogP contribution in [-0.4, -0.2) is 6.61 Å². The van der Waals surface area contributed by atoms with Gasteiger partial charge in [0.15, 0.2) is 0 Å². The van der Waals surface area contributed by atoms with E-state index < -0.39 is 0 Å². The molecule has 0 atom stereocenters. The third-order valence-electron chi connectivity index (χ3n) is 1.90. The van der Waals surface area contributed by atoms with Crippen LogP contribution in [0.5, 0.6) is 5.75 Å². The second-order valence-corrected chi connectivity index (χ2v) is 2.70. The Morgan fingerprint density at radius 1 is 1.36 bits per heavy atom. The van der Waals surface area contributed by atoms with E-state index >= 15 is 0 Å². The molecule has 1 aliphatic rings. The maximum absolute atomic E-state index is 5.42. The van der Waals surface area contributed by atoms with Crippen molar-refractivity contribution in [3.63, 3.8) is 0 Å². The van der Waals surface area contributed by atoms with Gasteiger partial charge in [0.25, 0.3) is 0 Å². The van der Waals surface area contributed by atoms with Crippen molar-refractivity contribution in [3.05, 3.63) is 35.4 Å². The highest BCUT2D eigenvalue weighted by atomic mass is 16.5. The summed E-state index contributed by atoms with van der Waals surface area (Å²) in [5.74, 6) is 1.01. The van der Waals surface area contributed by atoms with Gasteiger partial charge < -0.3 is 4.74 Å². The van der Waals surface area contributed by atoms with E-state index in [1.165, 1.54) is 11.1 Å². The molecule has 56 valence electrons. The third-order valence-corrected chi connectivity index (χ3v) is 1.90. The summed E-state index contributed by atoms with van der Waals surface area (Å²) in [7, 11) is 0. The molecule has 0 aliphatic carbocycles. The Balaban J connectivity index is 2.60. The smallest absolute Gasteiger partial charge is 0.127 e. The van der Waals surface area contributed by atoms with E-state index in [0.717, 1.165) is 5.75 Å².